The minimum atomic E-state index is -4.46. The summed E-state index contributed by atoms with van der Waals surface area (Å²) in [6.07, 6.45) is -1.06. The molecule has 16 heteroatoms. The fraction of sp³-hybridized carbons (Fsp3) is 0.444. The van der Waals surface area contributed by atoms with E-state index in [9.17, 15) is 24.5 Å². The van der Waals surface area contributed by atoms with Crippen LogP contribution in [0.5, 0.6) is 5.75 Å². The lowest BCUT2D eigenvalue weighted by atomic mass is 9.86. The number of benzene rings is 1. The summed E-state index contributed by atoms with van der Waals surface area (Å²) in [7, 11) is -4.46. The van der Waals surface area contributed by atoms with Gasteiger partial charge in [-0.15, -0.1) is 0 Å². The molecule has 1 aliphatic rings. The Bertz CT molecular complexity index is 1560. The lowest BCUT2D eigenvalue weighted by molar-refractivity contribution is -0.169. The van der Waals surface area contributed by atoms with E-state index in [1.165, 1.54) is 42.9 Å². The second-order valence-electron chi connectivity index (χ2n) is 10.1. The molecule has 1 fully saturated rings. The molecule has 43 heavy (non-hydrogen) atoms. The van der Waals surface area contributed by atoms with Crippen LogP contribution in [-0.2, 0) is 38.5 Å². The summed E-state index contributed by atoms with van der Waals surface area (Å²) in [5, 5.41) is 29.0. The maximum absolute atomic E-state index is 14.1. The highest BCUT2D eigenvalue weighted by atomic mass is 31.2. The number of anilines is 1. The molecule has 4 rings (SSSR count). The van der Waals surface area contributed by atoms with Crippen LogP contribution in [0.1, 0.15) is 39.8 Å². The van der Waals surface area contributed by atoms with Crippen LogP contribution < -0.4 is 15.3 Å². The molecule has 0 bridgehead atoms. The summed E-state index contributed by atoms with van der Waals surface area (Å²) in [5.41, 5.74) is 2.06. The van der Waals surface area contributed by atoms with Crippen molar-refractivity contribution in [3.8, 4) is 11.8 Å². The highest BCUT2D eigenvalue weighted by Gasteiger charge is 2.64. The van der Waals surface area contributed by atoms with Gasteiger partial charge in [0.15, 0.2) is 17.5 Å². The number of para-hydroxylation sites is 1. The second-order valence-corrected chi connectivity index (χ2v) is 11.8. The summed E-state index contributed by atoms with van der Waals surface area (Å²) in [4.78, 5) is 29.0. The molecule has 230 valence electrons. The molecule has 1 aliphatic heterocycles. The molecule has 0 radical (unpaired) electrons. The molecule has 0 amide bonds. The fourth-order valence-corrected chi connectivity index (χ4v) is 5.95. The number of aliphatic hydroxyl groups is 1. The number of hydrogen-bond donors (Lipinski definition) is 3. The SMILES string of the molecule is CCC(=O)O[C@@H]1[C@@](C#N)(CO[P@@](=O)(N[C@@H](C)C(=O)OC(C)C)Oc2ccccc2)OC[C@@]1(O)c1ccc2c(N)ncnn12. The van der Waals surface area contributed by atoms with Gasteiger partial charge in [0.2, 0.25) is 5.60 Å². The third-order valence-corrected chi connectivity index (χ3v) is 8.16. The van der Waals surface area contributed by atoms with E-state index >= 15 is 0 Å². The van der Waals surface area contributed by atoms with Crippen molar-refractivity contribution in [1.29, 1.82) is 5.26 Å². The molecule has 3 heterocycles. The first-order valence-corrected chi connectivity index (χ1v) is 14.9. The summed E-state index contributed by atoms with van der Waals surface area (Å²) >= 11 is 0. The normalized spacial score (nSPS) is 23.8. The zero-order valence-electron chi connectivity index (χ0n) is 24.0. The third kappa shape index (κ3) is 6.64. The van der Waals surface area contributed by atoms with E-state index in [0.29, 0.717) is 5.52 Å². The number of aromatic nitrogens is 3. The van der Waals surface area contributed by atoms with Crippen LogP contribution in [0.4, 0.5) is 5.82 Å². The van der Waals surface area contributed by atoms with Crippen molar-refractivity contribution in [3.63, 3.8) is 0 Å². The number of hydrogen-bond acceptors (Lipinski definition) is 13. The Morgan fingerprint density at radius 3 is 2.65 bits per heavy atom. The average Bonchev–Trinajstić information content (AvgIpc) is 3.53. The minimum Gasteiger partial charge on any atom is -0.462 e. The number of nitrogens with one attached hydrogen (secondary N) is 1. The van der Waals surface area contributed by atoms with E-state index in [0.717, 1.165) is 0 Å². The lowest BCUT2D eigenvalue weighted by Gasteiger charge is -2.34. The number of carbonyl (C=O) groups is 2. The lowest BCUT2D eigenvalue weighted by Crippen LogP contribution is -2.53. The molecule has 0 aliphatic carbocycles. The standard InChI is InChI=1S/C27H33N6O9P/c1-5-22(34)41-25-26(13-28,38-15-27(25,36)21-12-11-20-23(29)30-16-31-33(20)21)14-39-43(37,42-19-9-7-6-8-10-19)32-18(4)24(35)40-17(2)3/h6-12,16-18,25,36H,5,14-15H2,1-4H3,(H,32,37)(H2,29,30,31)/t18-,25+,26+,27+,43-/m0/s1. The number of rotatable bonds is 12. The summed E-state index contributed by atoms with van der Waals surface area (Å²) < 4.78 is 43.3. The average molecular weight is 617 g/mol. The van der Waals surface area contributed by atoms with Gasteiger partial charge in [0.1, 0.15) is 36.3 Å². The number of nitriles is 1. The Kier molecular flexibility index (Phi) is 9.38. The first kappa shape index (κ1) is 31.9. The van der Waals surface area contributed by atoms with Crippen LogP contribution in [0.2, 0.25) is 0 Å². The maximum Gasteiger partial charge on any atom is 0.459 e. The molecule has 2 aromatic heterocycles. The number of nitrogen functional groups attached to an aromatic ring is 1. The van der Waals surface area contributed by atoms with Crippen molar-refractivity contribution in [1.82, 2.24) is 19.7 Å². The molecule has 4 N–H and O–H groups in total. The number of esters is 2. The van der Waals surface area contributed by atoms with Crippen molar-refractivity contribution in [2.75, 3.05) is 18.9 Å². The molecule has 3 aromatic rings. The smallest absolute Gasteiger partial charge is 0.459 e. The Balaban J connectivity index is 1.70. The second kappa shape index (κ2) is 12.7. The molecule has 1 saturated heterocycles. The minimum absolute atomic E-state index is 0.0917. The largest absolute Gasteiger partial charge is 0.462 e. The van der Waals surface area contributed by atoms with Crippen molar-refractivity contribution < 1.29 is 42.5 Å². The van der Waals surface area contributed by atoms with Crippen molar-refractivity contribution in [2.45, 2.75) is 63.6 Å². The van der Waals surface area contributed by atoms with Gasteiger partial charge in [-0.25, -0.2) is 14.1 Å². The predicted molar refractivity (Wildman–Crippen MR) is 150 cm³/mol. The van der Waals surface area contributed by atoms with Crippen LogP contribution in [0.15, 0.2) is 48.8 Å². The van der Waals surface area contributed by atoms with Gasteiger partial charge in [-0.1, -0.05) is 25.1 Å². The van der Waals surface area contributed by atoms with Gasteiger partial charge in [-0.3, -0.25) is 14.1 Å². The van der Waals surface area contributed by atoms with Gasteiger partial charge in [0.25, 0.3) is 0 Å². The van der Waals surface area contributed by atoms with Crippen molar-refractivity contribution >= 4 is 31.0 Å². The first-order valence-electron chi connectivity index (χ1n) is 13.4. The first-order chi connectivity index (χ1) is 20.4. The van der Waals surface area contributed by atoms with Gasteiger partial charge in [0, 0.05) is 6.42 Å². The predicted octanol–water partition coefficient (Wildman–Crippen LogP) is 2.25. The number of nitrogens with zero attached hydrogens (tertiary/aromatic N) is 4. The summed E-state index contributed by atoms with van der Waals surface area (Å²) in [6.45, 7) is 4.88. The van der Waals surface area contributed by atoms with E-state index < -0.39 is 62.4 Å². The molecule has 0 unspecified atom stereocenters. The van der Waals surface area contributed by atoms with Crippen molar-refractivity contribution in [3.05, 3.63) is 54.5 Å². The zero-order chi connectivity index (χ0) is 31.4. The molecule has 1 aromatic carbocycles. The number of fused-ring (bicyclic) bond motifs is 1. The fourth-order valence-electron chi connectivity index (χ4n) is 4.43. The van der Waals surface area contributed by atoms with Crippen LogP contribution >= 0.6 is 7.75 Å². The van der Waals surface area contributed by atoms with E-state index in [-0.39, 0.29) is 23.7 Å². The van der Waals surface area contributed by atoms with Crippen LogP contribution in [0.25, 0.3) is 5.52 Å². The van der Waals surface area contributed by atoms with Crippen molar-refractivity contribution in [2.24, 2.45) is 0 Å². The highest BCUT2D eigenvalue weighted by Crippen LogP contribution is 2.49. The van der Waals surface area contributed by atoms with Gasteiger partial charge in [-0.05, 0) is 45.0 Å². The Labute approximate surface area is 247 Å². The quantitative estimate of drug-likeness (QED) is 0.197. The summed E-state index contributed by atoms with van der Waals surface area (Å²) in [5.74, 6) is -1.23. The van der Waals surface area contributed by atoms with Crippen LogP contribution in [0, 0.1) is 11.3 Å². The van der Waals surface area contributed by atoms with E-state index in [2.05, 4.69) is 15.2 Å². The van der Waals surface area contributed by atoms with Crippen LogP contribution in [0.3, 0.4) is 0 Å². The van der Waals surface area contributed by atoms with E-state index in [4.69, 9.17) is 29.0 Å². The zero-order valence-corrected chi connectivity index (χ0v) is 24.9. The molecular formula is C27H33N6O9P. The van der Waals surface area contributed by atoms with Crippen LogP contribution in [-0.4, -0.2) is 68.7 Å². The third-order valence-electron chi connectivity index (χ3n) is 6.53. The van der Waals surface area contributed by atoms with Gasteiger partial charge in [-0.2, -0.15) is 15.4 Å². The monoisotopic (exact) mass is 616 g/mol. The van der Waals surface area contributed by atoms with Gasteiger partial charge >= 0.3 is 19.7 Å². The Morgan fingerprint density at radius 1 is 1.28 bits per heavy atom. The topological polar surface area (TPSA) is 210 Å². The highest BCUT2D eigenvalue weighted by molar-refractivity contribution is 7.52. The summed E-state index contributed by atoms with van der Waals surface area (Å²) in [6, 6.07) is 11.8. The number of carbonyl (C=O) groups excluding carboxylic acids is 2. The molecular weight excluding hydrogens is 583 g/mol. The van der Waals surface area contributed by atoms with Gasteiger partial charge < -0.3 is 29.6 Å². The number of ether oxygens (including phenoxy) is 3. The van der Waals surface area contributed by atoms with Gasteiger partial charge in [0.05, 0.1) is 18.4 Å². The molecule has 0 spiro atoms. The molecule has 0 saturated carbocycles. The Morgan fingerprint density at radius 2 is 2.00 bits per heavy atom. The van der Waals surface area contributed by atoms with E-state index in [1.54, 1.807) is 38.1 Å². The number of nitrogens with two attached hydrogens (primary N) is 1. The molecule has 5 atom stereocenters. The molecule has 15 nitrogen and oxygen atoms in total. The maximum atomic E-state index is 14.1. The Hall–Kier alpha value is -4.06. The van der Waals surface area contributed by atoms with E-state index in [1.807, 2.05) is 6.07 Å².